The fourth-order valence-electron chi connectivity index (χ4n) is 6.56. The summed E-state index contributed by atoms with van der Waals surface area (Å²) >= 11 is 0. The summed E-state index contributed by atoms with van der Waals surface area (Å²) in [4.78, 5) is 4.81. The van der Waals surface area contributed by atoms with Gasteiger partial charge in [0.2, 0.25) is 0 Å². The third-order valence-corrected chi connectivity index (χ3v) is 9.67. The van der Waals surface area contributed by atoms with Gasteiger partial charge in [-0.2, -0.15) is 0 Å². The molecule has 0 spiro atoms. The minimum Gasteiger partial charge on any atom is -0.504 e. The summed E-state index contributed by atoms with van der Waals surface area (Å²) in [5.41, 5.74) is 3.31. The Morgan fingerprint density at radius 2 is 1.84 bits per heavy atom. The highest BCUT2D eigenvalue weighted by Gasteiger charge is 2.48. The highest BCUT2D eigenvalue weighted by molar-refractivity contribution is 6.76. The molecule has 0 aromatic carbocycles. The highest BCUT2D eigenvalue weighted by atomic mass is 28.3. The van der Waals surface area contributed by atoms with E-state index in [1.807, 2.05) is 12.3 Å². The molecule has 0 aliphatic heterocycles. The molecule has 4 aliphatic carbocycles. The van der Waals surface area contributed by atoms with Crippen molar-refractivity contribution in [3.05, 3.63) is 30.3 Å². The lowest BCUT2D eigenvalue weighted by Gasteiger charge is -2.54. The molecule has 2 heterocycles. The van der Waals surface area contributed by atoms with Crippen LogP contribution >= 0.6 is 0 Å². The maximum Gasteiger partial charge on any atom is 0.143 e. The van der Waals surface area contributed by atoms with Crippen LogP contribution in [0.25, 0.3) is 17.1 Å². The molecule has 6 rings (SSSR count). The van der Waals surface area contributed by atoms with Gasteiger partial charge in [-0.1, -0.05) is 19.6 Å². The normalized spacial score (nSPS) is 29.3. The molecular weight excluding hydrogens is 414 g/mol. The zero-order chi connectivity index (χ0) is 22.3. The van der Waals surface area contributed by atoms with Crippen molar-refractivity contribution < 1.29 is 9.47 Å². The van der Waals surface area contributed by atoms with E-state index in [0.29, 0.717) is 12.8 Å². The Labute approximate surface area is 193 Å². The average Bonchev–Trinajstić information content (AvgIpc) is 3.15. The zero-order valence-corrected chi connectivity index (χ0v) is 21.1. The molecule has 0 unspecified atom stereocenters. The zero-order valence-electron chi connectivity index (χ0n) is 20.1. The summed E-state index contributed by atoms with van der Waals surface area (Å²) in [6, 6.07) is 3.97. The molecule has 0 saturated heterocycles. The lowest BCUT2D eigenvalue weighted by atomic mass is 9.54. The van der Waals surface area contributed by atoms with Crippen molar-refractivity contribution in [3.8, 4) is 0 Å². The minimum atomic E-state index is -1.08. The van der Waals surface area contributed by atoms with E-state index < -0.39 is 8.07 Å². The first-order valence-corrected chi connectivity index (χ1v) is 16.1. The first-order chi connectivity index (χ1) is 15.4. The van der Waals surface area contributed by atoms with Gasteiger partial charge in [-0.05, 0) is 74.0 Å². The molecule has 0 radical (unpaired) electrons. The topological polar surface area (TPSA) is 48.3 Å². The van der Waals surface area contributed by atoms with Crippen molar-refractivity contribution in [1.29, 1.82) is 0 Å². The van der Waals surface area contributed by atoms with Crippen LogP contribution in [0.5, 0.6) is 0 Å². The molecule has 0 atom stereocenters. The molecule has 2 aromatic heterocycles. The van der Waals surface area contributed by atoms with Crippen LogP contribution in [0.4, 0.5) is 5.69 Å². The molecule has 6 heteroatoms. The molecule has 0 amide bonds. The van der Waals surface area contributed by atoms with Crippen molar-refractivity contribution in [3.63, 3.8) is 0 Å². The van der Waals surface area contributed by atoms with Crippen LogP contribution in [0.15, 0.2) is 24.7 Å². The second-order valence-electron chi connectivity index (χ2n) is 11.6. The molecule has 174 valence electrons. The predicted octanol–water partition coefficient (Wildman–Crippen LogP) is 6.20. The van der Waals surface area contributed by atoms with Crippen LogP contribution < -0.4 is 5.32 Å². The number of ether oxygens (including phenoxy) is 2. The monoisotopic (exact) mass is 453 g/mol. The first-order valence-electron chi connectivity index (χ1n) is 12.4. The molecule has 32 heavy (non-hydrogen) atoms. The number of fused-ring (bicyclic) bond motifs is 1. The molecule has 5 nitrogen and oxygen atoms in total. The van der Waals surface area contributed by atoms with Crippen molar-refractivity contribution in [2.75, 3.05) is 19.0 Å². The summed E-state index contributed by atoms with van der Waals surface area (Å²) in [5, 5.41) is 5.24. The Balaban J connectivity index is 1.39. The summed E-state index contributed by atoms with van der Waals surface area (Å²) in [6.07, 6.45) is 15.0. The molecule has 1 N–H and O–H groups in total. The number of rotatable bonds is 9. The summed E-state index contributed by atoms with van der Waals surface area (Å²) in [6.45, 7) is 8.55. The van der Waals surface area contributed by atoms with Crippen molar-refractivity contribution >= 4 is 30.9 Å². The molecule has 4 aliphatic rings. The van der Waals surface area contributed by atoms with Gasteiger partial charge in [0, 0.05) is 44.1 Å². The minimum absolute atomic E-state index is 0.561. The van der Waals surface area contributed by atoms with E-state index >= 15 is 0 Å². The highest BCUT2D eigenvalue weighted by Crippen LogP contribution is 2.54. The van der Waals surface area contributed by atoms with Gasteiger partial charge in [0.15, 0.2) is 0 Å². The first kappa shape index (κ1) is 22.0. The number of nitrogens with zero attached hydrogens (tertiary/aromatic N) is 2. The van der Waals surface area contributed by atoms with E-state index in [0.717, 1.165) is 41.5 Å². The fourth-order valence-corrected chi connectivity index (χ4v) is 7.31. The van der Waals surface area contributed by atoms with E-state index in [9.17, 15) is 0 Å². The van der Waals surface area contributed by atoms with E-state index in [1.165, 1.54) is 49.2 Å². The SMILES string of the molecule is COC=Cc1cnc2c(ccn2COCC[Si](C)(C)C)c1NC1C2CC3CC(C2)CC1C3. The largest absolute Gasteiger partial charge is 0.504 e. The molecule has 4 fully saturated rings. The van der Waals surface area contributed by atoms with Crippen LogP contribution in [0.2, 0.25) is 25.7 Å². The van der Waals surface area contributed by atoms with Gasteiger partial charge < -0.3 is 19.4 Å². The lowest BCUT2D eigenvalue weighted by Crippen LogP contribution is -2.51. The number of hydrogen-bond acceptors (Lipinski definition) is 4. The third kappa shape index (κ3) is 4.49. The Hall–Kier alpha value is -1.79. The van der Waals surface area contributed by atoms with E-state index in [-0.39, 0.29) is 0 Å². The van der Waals surface area contributed by atoms with E-state index in [4.69, 9.17) is 14.5 Å². The Morgan fingerprint density at radius 3 is 2.50 bits per heavy atom. The lowest BCUT2D eigenvalue weighted by molar-refractivity contribution is 0.00757. The van der Waals surface area contributed by atoms with Crippen LogP contribution in [0.3, 0.4) is 0 Å². The van der Waals surface area contributed by atoms with Crippen molar-refractivity contribution in [2.45, 2.75) is 70.6 Å². The van der Waals surface area contributed by atoms with Gasteiger partial charge in [-0.3, -0.25) is 0 Å². The van der Waals surface area contributed by atoms with Crippen molar-refractivity contribution in [1.82, 2.24) is 9.55 Å². The molecular formula is C26H39N3O2Si. The van der Waals surface area contributed by atoms with Crippen molar-refractivity contribution in [2.24, 2.45) is 23.7 Å². The third-order valence-electron chi connectivity index (χ3n) is 7.97. The van der Waals surface area contributed by atoms with Crippen LogP contribution in [-0.4, -0.2) is 37.4 Å². The Morgan fingerprint density at radius 1 is 1.12 bits per heavy atom. The van der Waals surface area contributed by atoms with E-state index in [1.54, 1.807) is 13.4 Å². The van der Waals surface area contributed by atoms with Gasteiger partial charge in [-0.15, -0.1) is 0 Å². The van der Waals surface area contributed by atoms with Crippen LogP contribution in [0.1, 0.15) is 37.7 Å². The van der Waals surface area contributed by atoms with Gasteiger partial charge in [0.05, 0.1) is 19.1 Å². The average molecular weight is 454 g/mol. The second kappa shape index (κ2) is 8.86. The molecule has 4 bridgehead atoms. The van der Waals surface area contributed by atoms with Gasteiger partial charge in [0.25, 0.3) is 0 Å². The van der Waals surface area contributed by atoms with Gasteiger partial charge in [0.1, 0.15) is 12.4 Å². The second-order valence-corrected chi connectivity index (χ2v) is 17.2. The van der Waals surface area contributed by atoms with Gasteiger partial charge >= 0.3 is 0 Å². The number of hydrogen-bond donors (Lipinski definition) is 1. The summed E-state index contributed by atoms with van der Waals surface area (Å²) < 4.78 is 13.4. The van der Waals surface area contributed by atoms with Crippen LogP contribution in [-0.2, 0) is 16.2 Å². The van der Waals surface area contributed by atoms with Gasteiger partial charge in [-0.25, -0.2) is 4.98 Å². The quantitative estimate of drug-likeness (QED) is 0.279. The van der Waals surface area contributed by atoms with Crippen LogP contribution in [0, 0.1) is 23.7 Å². The Bertz CT molecular complexity index is 949. The standard InChI is InChI=1S/C26H39N3O2Si/c1-30-8-6-20-16-27-26-23(5-7-29(26)17-31-9-10-32(2,3)4)25(20)28-24-21-12-18-11-19(14-21)15-22(24)13-18/h5-8,16,18-19,21-22,24H,9-15,17H2,1-4H3,(H,27,28). The fraction of sp³-hybridized carbons (Fsp3) is 0.654. The Kier molecular flexibility index (Phi) is 6.10. The smallest absolute Gasteiger partial charge is 0.143 e. The van der Waals surface area contributed by atoms with E-state index in [2.05, 4.69) is 41.8 Å². The number of anilines is 1. The molecule has 2 aromatic rings. The number of pyridine rings is 1. The molecule has 4 saturated carbocycles. The summed E-state index contributed by atoms with van der Waals surface area (Å²) in [7, 11) is 0.616. The number of aromatic nitrogens is 2. The maximum atomic E-state index is 6.03. The predicted molar refractivity (Wildman–Crippen MR) is 134 cm³/mol. The number of nitrogens with one attached hydrogen (secondary N) is 1. The maximum absolute atomic E-state index is 6.03. The summed E-state index contributed by atoms with van der Waals surface area (Å²) in [5.74, 6) is 3.60. The number of methoxy groups -OCH3 is 1.